The number of hydrogen-bond acceptors (Lipinski definition) is 23. The van der Waals surface area contributed by atoms with Gasteiger partial charge in [0.15, 0.2) is 11.6 Å². The van der Waals surface area contributed by atoms with Gasteiger partial charge in [0, 0.05) is 11.9 Å². The van der Waals surface area contributed by atoms with Gasteiger partial charge in [-0.3, -0.25) is 13.7 Å². The average molecular weight is 1050 g/mol. The number of aromatic hydroxyl groups is 1. The summed E-state index contributed by atoms with van der Waals surface area (Å²) in [5.74, 6) is -1.81. The van der Waals surface area contributed by atoms with Crippen LogP contribution in [0.15, 0.2) is 98.6 Å². The Labute approximate surface area is 425 Å². The minimum absolute atomic E-state index is 0. The van der Waals surface area contributed by atoms with Gasteiger partial charge in [-0.05, 0) is 60.8 Å². The van der Waals surface area contributed by atoms with Crippen molar-refractivity contribution in [2.45, 2.75) is 36.6 Å². The number of sulfone groups is 1. The molecule has 0 aliphatic heterocycles. The van der Waals surface area contributed by atoms with E-state index in [4.69, 9.17) is 17.3 Å². The van der Waals surface area contributed by atoms with E-state index in [0.717, 1.165) is 24.5 Å². The number of nitrogen functional groups attached to an aromatic ring is 1. The van der Waals surface area contributed by atoms with Crippen molar-refractivity contribution in [3.05, 3.63) is 59.2 Å². The molecule has 0 atom stereocenters. The molecule has 63 heavy (non-hydrogen) atoms. The molecule has 0 fully saturated rings. The van der Waals surface area contributed by atoms with E-state index < -0.39 is 135 Å². The van der Waals surface area contributed by atoms with Gasteiger partial charge in [-0.15, -0.1) is 20.5 Å². The Morgan fingerprint density at radius 2 is 1.16 bits per heavy atom. The summed E-state index contributed by atoms with van der Waals surface area (Å²) < 4.78 is 199. The Balaban J connectivity index is 0.00000528. The molecule has 5 aromatic rings. The van der Waals surface area contributed by atoms with Crippen LogP contribution >= 0.6 is 11.6 Å². The fourth-order valence-corrected chi connectivity index (χ4v) is 8.77. The third-order valence-electron chi connectivity index (χ3n) is 7.70. The van der Waals surface area contributed by atoms with Crippen molar-refractivity contribution in [1.82, 2.24) is 9.97 Å². The molecule has 0 bridgehead atoms. The molecule has 0 saturated heterocycles. The molecule has 0 spiro atoms. The summed E-state index contributed by atoms with van der Waals surface area (Å²) >= 11 is 6.22. The molecular formula is C28H21ClKN8NaO18S6. The number of azo groups is 2. The average Bonchev–Trinajstić information content (AvgIpc) is 3.09. The first-order chi connectivity index (χ1) is 27.7. The molecule has 26 nitrogen and oxygen atoms in total. The summed E-state index contributed by atoms with van der Waals surface area (Å²) in [6, 6.07) is 4.50. The molecule has 7 N–H and O–H groups in total. The normalized spacial score (nSPS) is 13.0. The molecule has 1 aromatic heterocycles. The van der Waals surface area contributed by atoms with Crippen LogP contribution in [0.3, 0.4) is 0 Å². The molecule has 0 aliphatic rings. The summed E-state index contributed by atoms with van der Waals surface area (Å²) in [4.78, 5) is 1.38. The van der Waals surface area contributed by atoms with E-state index in [0.29, 0.717) is 30.3 Å². The van der Waals surface area contributed by atoms with Gasteiger partial charge >= 0.3 is 80.9 Å². The van der Waals surface area contributed by atoms with Gasteiger partial charge < -0.3 is 25.3 Å². The van der Waals surface area contributed by atoms with Crippen LogP contribution in [0.2, 0.25) is 5.02 Å². The van der Waals surface area contributed by atoms with E-state index in [-0.39, 0.29) is 103 Å². The number of nitrogens with two attached hydrogens (primary N) is 1. The van der Waals surface area contributed by atoms with Crippen LogP contribution < -0.4 is 92.0 Å². The molecule has 1 heterocycles. The Morgan fingerprint density at radius 1 is 0.683 bits per heavy atom. The Bertz CT molecular complexity index is 3510. The van der Waals surface area contributed by atoms with Gasteiger partial charge in [0.05, 0.1) is 31.5 Å². The zero-order valence-corrected chi connectivity index (χ0v) is 42.5. The van der Waals surface area contributed by atoms with Gasteiger partial charge in [-0.1, -0.05) is 11.6 Å². The molecule has 35 heteroatoms. The third kappa shape index (κ3) is 12.4. The largest absolute Gasteiger partial charge is 1.00 e. The fraction of sp³-hybridized carbons (Fsp3) is 0.0714. The standard InChI is InChI=1S/C28H23ClN8O18S6.K.Na/c1-11-22(29)27(33-28(31-11)56(2,39)40)32-13-3-5-17(58(44,45)46)15(9-13)34-36-24-19(60(50,51)52)7-12-8-20(61(53,54)55)25(26(38)21(12)23(24)30)37-35-16-10-14(57(41,42)43)4-6-18(16)59(47,48)49;;/h3-10,38H,30H2,1-2H3,(H,31,32,33)(H,41,42,43)(H,44,45,46)(H,47,48,49)(H,50,51,52)(H,53,54,55);;/q;2*+1/p-2. The van der Waals surface area contributed by atoms with Gasteiger partial charge in [-0.2, -0.15) is 30.2 Å². The topological polar surface area (TPSA) is 445 Å². The van der Waals surface area contributed by atoms with Crippen LogP contribution in [0.25, 0.3) is 10.8 Å². The van der Waals surface area contributed by atoms with Crippen molar-refractivity contribution in [2.75, 3.05) is 17.3 Å². The second-order valence-electron chi connectivity index (χ2n) is 12.0. The van der Waals surface area contributed by atoms with Crippen LogP contribution in [-0.2, 0) is 60.4 Å². The summed E-state index contributed by atoms with van der Waals surface area (Å²) in [5, 5.41) is 25.2. The minimum atomic E-state index is -5.81. The predicted octanol–water partition coefficient (Wildman–Crippen LogP) is -2.59. The number of halogens is 1. The molecular weight excluding hydrogens is 1030 g/mol. The molecule has 5 rings (SSSR count). The third-order valence-corrected chi connectivity index (χ3v) is 13.4. The maximum absolute atomic E-state index is 12.5. The van der Waals surface area contributed by atoms with E-state index in [1.165, 1.54) is 6.92 Å². The van der Waals surface area contributed by atoms with E-state index in [1.807, 2.05) is 0 Å². The van der Waals surface area contributed by atoms with E-state index >= 15 is 0 Å². The van der Waals surface area contributed by atoms with E-state index in [1.54, 1.807) is 0 Å². The summed E-state index contributed by atoms with van der Waals surface area (Å²) in [6.45, 7) is 1.33. The van der Waals surface area contributed by atoms with Crippen LogP contribution in [-0.4, -0.2) is 94.6 Å². The van der Waals surface area contributed by atoms with Gasteiger partial charge in [0.1, 0.15) is 57.8 Å². The minimum Gasteiger partial charge on any atom is -0.744 e. The van der Waals surface area contributed by atoms with Crippen LogP contribution in [0, 0.1) is 6.92 Å². The number of phenolic OH excluding ortho intramolecular Hbond substituents is 1. The number of nitrogens with zero attached hydrogens (tertiary/aromatic N) is 6. The number of benzene rings is 4. The Hall–Kier alpha value is -2.75. The number of aryl methyl sites for hydroxylation is 1. The molecule has 4 aromatic carbocycles. The predicted molar refractivity (Wildman–Crippen MR) is 205 cm³/mol. The second-order valence-corrected chi connectivity index (χ2v) is 21.2. The molecule has 0 unspecified atom stereocenters. The summed E-state index contributed by atoms with van der Waals surface area (Å²) in [5.41, 5.74) is 0.274. The monoisotopic (exact) mass is 1050 g/mol. The quantitative estimate of drug-likeness (QED) is 0.0246. The van der Waals surface area contributed by atoms with Crippen LogP contribution in [0.5, 0.6) is 5.75 Å². The molecule has 326 valence electrons. The molecule has 0 radical (unpaired) electrons. The number of aromatic nitrogens is 2. The first-order valence-corrected chi connectivity index (χ1v) is 24.7. The van der Waals surface area contributed by atoms with Gasteiger partial charge in [0.25, 0.3) is 30.4 Å². The Kier molecular flexibility index (Phi) is 16.7. The number of phenols is 1. The zero-order valence-electron chi connectivity index (χ0n) is 31.7. The number of rotatable bonds is 12. The first-order valence-electron chi connectivity index (χ1n) is 15.3. The van der Waals surface area contributed by atoms with Crippen molar-refractivity contribution in [3.8, 4) is 5.75 Å². The van der Waals surface area contributed by atoms with Crippen molar-refractivity contribution >= 4 is 123 Å². The van der Waals surface area contributed by atoms with Crippen molar-refractivity contribution in [2.24, 2.45) is 20.5 Å². The number of nitrogens with one attached hydrogen (secondary N) is 1. The fourth-order valence-electron chi connectivity index (χ4n) is 5.06. The number of anilines is 3. The van der Waals surface area contributed by atoms with Gasteiger partial charge in [-0.25, -0.2) is 30.2 Å². The van der Waals surface area contributed by atoms with Crippen LogP contribution in [0.4, 0.5) is 39.9 Å². The van der Waals surface area contributed by atoms with Crippen molar-refractivity contribution in [1.29, 1.82) is 0 Å². The second kappa shape index (κ2) is 19.2. The number of fused-ring (bicyclic) bond motifs is 1. The summed E-state index contributed by atoms with van der Waals surface area (Å²) in [6.07, 6.45) is 0.792. The first kappa shape index (κ1) is 54.6. The smallest absolute Gasteiger partial charge is 0.744 e. The zero-order chi connectivity index (χ0) is 46.0. The molecule has 0 aliphatic carbocycles. The molecule has 0 amide bonds. The van der Waals surface area contributed by atoms with Gasteiger partial charge in [0.2, 0.25) is 15.0 Å². The maximum Gasteiger partial charge on any atom is 1.00 e. The van der Waals surface area contributed by atoms with Crippen molar-refractivity contribution < 1.29 is 159 Å². The van der Waals surface area contributed by atoms with Crippen LogP contribution in [0.1, 0.15) is 5.69 Å². The summed E-state index contributed by atoms with van der Waals surface area (Å²) in [7, 11) is -31.1. The maximum atomic E-state index is 12.5. The molecule has 0 saturated carbocycles. The Morgan fingerprint density at radius 3 is 1.63 bits per heavy atom. The van der Waals surface area contributed by atoms with E-state index in [2.05, 4.69) is 35.7 Å². The van der Waals surface area contributed by atoms with Crippen molar-refractivity contribution in [3.63, 3.8) is 0 Å². The van der Waals surface area contributed by atoms with E-state index in [9.17, 15) is 78.4 Å². The SMILES string of the molecule is Cc1nc(S(C)(=O)=O)nc(Nc2ccc(S(=O)(=O)O)c(N=Nc3c(S(=O)(=O)[O-])cc4cc(S(=O)(=O)[O-])c(N=Nc5cc(S(=O)(=O)O)ccc5S(=O)(=O)O)c(O)c4c3N)c2)c1Cl.[K+].[Na+]. The number of hydrogen-bond donors (Lipinski definition) is 6.